The molecule has 1 unspecified atom stereocenters. The molecule has 4 atom stereocenters. The van der Waals surface area contributed by atoms with Crippen LogP contribution in [0.5, 0.6) is 5.75 Å². The highest BCUT2D eigenvalue weighted by Crippen LogP contribution is 2.49. The van der Waals surface area contributed by atoms with Crippen molar-refractivity contribution in [3.63, 3.8) is 0 Å². The minimum atomic E-state index is -3.55. The van der Waals surface area contributed by atoms with Crippen LogP contribution in [0.4, 0.5) is 0 Å². The molecule has 0 saturated heterocycles. The molecule has 1 aromatic carbocycles. The molecule has 0 radical (unpaired) electrons. The maximum Gasteiger partial charge on any atom is 0.330 e. The van der Waals surface area contributed by atoms with Crippen LogP contribution in [0.15, 0.2) is 58.3 Å². The van der Waals surface area contributed by atoms with Gasteiger partial charge in [0.25, 0.3) is 12.9 Å². The Morgan fingerprint density at radius 3 is 2.60 bits per heavy atom. The van der Waals surface area contributed by atoms with Gasteiger partial charge in [-0.3, -0.25) is 23.7 Å². The lowest BCUT2D eigenvalue weighted by molar-refractivity contribution is -0.151. The minimum absolute atomic E-state index is 0.0333. The van der Waals surface area contributed by atoms with Gasteiger partial charge in [-0.15, -0.1) is 6.42 Å². The summed E-state index contributed by atoms with van der Waals surface area (Å²) in [7, 11) is -3.55. The second-order valence-corrected chi connectivity index (χ2v) is 10.7. The Morgan fingerprint density at radius 1 is 1.23 bits per heavy atom. The van der Waals surface area contributed by atoms with Crippen LogP contribution in [0.3, 0.4) is 0 Å². The number of nitrogens with one attached hydrogen (secondary N) is 1. The van der Waals surface area contributed by atoms with E-state index in [9.17, 15) is 18.9 Å². The molecule has 35 heavy (non-hydrogen) atoms. The molecule has 0 aliphatic carbocycles. The number of carbonyl (C=O) groups is 1. The second kappa shape index (κ2) is 11.4. The van der Waals surface area contributed by atoms with E-state index in [1.165, 1.54) is 18.3 Å². The molecule has 2 aromatic rings. The van der Waals surface area contributed by atoms with Gasteiger partial charge in [0.2, 0.25) is 0 Å². The first-order chi connectivity index (χ1) is 16.6. The molecular weight excluding hydrogens is 475 g/mol. The van der Waals surface area contributed by atoms with Gasteiger partial charge in [-0.1, -0.05) is 31.0 Å². The number of aromatic amines is 1. The lowest BCUT2D eigenvalue weighted by Gasteiger charge is -2.24. The maximum absolute atomic E-state index is 13.7. The van der Waals surface area contributed by atoms with Crippen molar-refractivity contribution < 1.29 is 28.1 Å². The molecule has 1 aliphatic rings. The van der Waals surface area contributed by atoms with Crippen LogP contribution in [0.2, 0.25) is 0 Å². The van der Waals surface area contributed by atoms with E-state index in [4.69, 9.17) is 25.2 Å². The molecule has 10 nitrogen and oxygen atoms in total. The number of H-pyrrole nitrogens is 1. The summed E-state index contributed by atoms with van der Waals surface area (Å²) in [6.07, 6.45) is 6.93. The lowest BCUT2D eigenvalue weighted by atomic mass is 10.2. The normalized spacial score (nSPS) is 19.6. The third-order valence-electron chi connectivity index (χ3n) is 4.86. The van der Waals surface area contributed by atoms with Gasteiger partial charge in [0.15, 0.2) is 12.5 Å². The standard InChI is InChI=1S/C24H27N2O8P/c1-5-18-13-26(24(29)25-22(18)27)20-11-12-21(33-20)31-15-35(30,34-19-9-7-6-8-10-19)14-17(4)23(28)32-16(2)3/h1,6-13,16-17,20-21H,14-15H2,2-4H3,(H,25,27,29)/t17-,20-,21+,35?/m1/s1. The Kier molecular flexibility index (Phi) is 8.52. The van der Waals surface area contributed by atoms with E-state index < -0.39 is 43.0 Å². The number of benzene rings is 1. The van der Waals surface area contributed by atoms with Gasteiger partial charge in [-0.25, -0.2) is 4.79 Å². The molecule has 11 heteroatoms. The monoisotopic (exact) mass is 502 g/mol. The Hall–Kier alpha value is -3.38. The summed E-state index contributed by atoms with van der Waals surface area (Å²) in [5.41, 5.74) is -1.42. The number of nitrogens with zero attached hydrogens (tertiary/aromatic N) is 1. The molecule has 0 bridgehead atoms. The van der Waals surface area contributed by atoms with E-state index in [1.807, 2.05) is 0 Å². The van der Waals surface area contributed by atoms with Crippen LogP contribution in [-0.4, -0.2) is 40.4 Å². The van der Waals surface area contributed by atoms with Crippen LogP contribution in [0.1, 0.15) is 32.6 Å². The van der Waals surface area contributed by atoms with Gasteiger partial charge < -0.3 is 18.7 Å². The number of ether oxygens (including phenoxy) is 3. The third kappa shape index (κ3) is 7.06. The Morgan fingerprint density at radius 2 is 1.94 bits per heavy atom. The highest BCUT2D eigenvalue weighted by molar-refractivity contribution is 7.59. The molecule has 3 rings (SSSR count). The van der Waals surface area contributed by atoms with Crippen LogP contribution in [0.25, 0.3) is 0 Å². The highest BCUT2D eigenvalue weighted by Gasteiger charge is 2.34. The molecule has 0 spiro atoms. The van der Waals surface area contributed by atoms with Gasteiger partial charge in [0, 0.05) is 6.20 Å². The third-order valence-corrected chi connectivity index (χ3v) is 7.05. The van der Waals surface area contributed by atoms with Gasteiger partial charge >= 0.3 is 11.7 Å². The molecule has 2 heterocycles. The second-order valence-electron chi connectivity index (χ2n) is 8.22. The van der Waals surface area contributed by atoms with Crippen molar-refractivity contribution in [3.8, 4) is 18.1 Å². The molecule has 0 fully saturated rings. The van der Waals surface area contributed by atoms with Crippen LogP contribution < -0.4 is 15.8 Å². The number of rotatable bonds is 10. The SMILES string of the molecule is C#Cc1cn([C@H]2C=C[C@@H](OCP(=O)(C[C@@H](C)C(=O)OC(C)C)Oc3ccccc3)O2)c(=O)[nH]c1=O. The average molecular weight is 502 g/mol. The fourth-order valence-electron chi connectivity index (χ4n) is 3.26. The van der Waals surface area contributed by atoms with Crippen molar-refractivity contribution in [1.29, 1.82) is 0 Å². The van der Waals surface area contributed by atoms with E-state index in [1.54, 1.807) is 51.1 Å². The van der Waals surface area contributed by atoms with Gasteiger partial charge in [-0.05, 0) is 38.1 Å². The zero-order valence-corrected chi connectivity index (χ0v) is 20.5. The number of carbonyl (C=O) groups excluding carboxylic acids is 1. The molecule has 1 N–H and O–H groups in total. The van der Waals surface area contributed by atoms with Crippen molar-refractivity contribution in [3.05, 3.63) is 75.1 Å². The number of aromatic nitrogens is 2. The van der Waals surface area contributed by atoms with Crippen LogP contribution in [0, 0.1) is 18.3 Å². The predicted octanol–water partition coefficient (Wildman–Crippen LogP) is 2.85. The number of esters is 1. The quantitative estimate of drug-likeness (QED) is 0.228. The van der Waals surface area contributed by atoms with Crippen molar-refractivity contribution in [2.75, 3.05) is 12.5 Å². The van der Waals surface area contributed by atoms with E-state index >= 15 is 0 Å². The largest absolute Gasteiger partial charge is 0.463 e. The van der Waals surface area contributed by atoms with E-state index in [2.05, 4.69) is 10.9 Å². The van der Waals surface area contributed by atoms with Crippen molar-refractivity contribution in [1.82, 2.24) is 9.55 Å². The van der Waals surface area contributed by atoms with Gasteiger partial charge in [0.05, 0.1) is 18.2 Å². The topological polar surface area (TPSA) is 126 Å². The fourth-order valence-corrected chi connectivity index (χ4v) is 5.36. The Labute approximate surface area is 202 Å². The first-order valence-corrected chi connectivity index (χ1v) is 12.9. The molecule has 186 valence electrons. The van der Waals surface area contributed by atoms with Crippen molar-refractivity contribution in [2.24, 2.45) is 5.92 Å². The van der Waals surface area contributed by atoms with Crippen LogP contribution >= 0.6 is 7.37 Å². The molecule has 0 saturated carbocycles. The van der Waals surface area contributed by atoms with Crippen molar-refractivity contribution in [2.45, 2.75) is 39.4 Å². The van der Waals surface area contributed by atoms with Crippen molar-refractivity contribution >= 4 is 13.3 Å². The number of hydrogen-bond donors (Lipinski definition) is 1. The van der Waals surface area contributed by atoms with E-state index in [0.717, 1.165) is 4.57 Å². The summed E-state index contributed by atoms with van der Waals surface area (Å²) >= 11 is 0. The minimum Gasteiger partial charge on any atom is -0.463 e. The van der Waals surface area contributed by atoms with Gasteiger partial charge in [0.1, 0.15) is 17.7 Å². The molecule has 1 aromatic heterocycles. The summed E-state index contributed by atoms with van der Waals surface area (Å²) in [5.74, 6) is 1.37. The Balaban J connectivity index is 1.71. The summed E-state index contributed by atoms with van der Waals surface area (Å²) < 4.78 is 37.2. The fraction of sp³-hybridized carbons (Fsp3) is 0.375. The van der Waals surface area contributed by atoms with Gasteiger partial charge in [-0.2, -0.15) is 0 Å². The predicted molar refractivity (Wildman–Crippen MR) is 128 cm³/mol. The summed E-state index contributed by atoms with van der Waals surface area (Å²) in [6, 6.07) is 8.56. The lowest BCUT2D eigenvalue weighted by Crippen LogP contribution is -2.33. The zero-order chi connectivity index (χ0) is 25.6. The molecule has 0 amide bonds. The zero-order valence-electron chi connectivity index (χ0n) is 19.6. The first kappa shape index (κ1) is 26.2. The molecule has 1 aliphatic heterocycles. The highest BCUT2D eigenvalue weighted by atomic mass is 31.2. The Bertz CT molecular complexity index is 1270. The summed E-state index contributed by atoms with van der Waals surface area (Å²) in [4.78, 5) is 38.3. The maximum atomic E-state index is 13.7. The molecular formula is C24H27N2O8P. The number of terminal acetylenes is 1. The smallest absolute Gasteiger partial charge is 0.330 e. The van der Waals surface area contributed by atoms with Crippen LogP contribution in [-0.2, 0) is 23.6 Å². The van der Waals surface area contributed by atoms with E-state index in [-0.39, 0.29) is 24.2 Å². The number of para-hydroxylation sites is 1. The summed E-state index contributed by atoms with van der Waals surface area (Å²) in [5, 5.41) is 0. The number of hydrogen-bond acceptors (Lipinski definition) is 8. The average Bonchev–Trinajstić information content (AvgIpc) is 3.27. The van der Waals surface area contributed by atoms with E-state index in [0.29, 0.717) is 5.75 Å². The first-order valence-electron chi connectivity index (χ1n) is 10.9. The summed E-state index contributed by atoms with van der Waals surface area (Å²) in [6.45, 7) is 5.07.